The van der Waals surface area contributed by atoms with Crippen molar-refractivity contribution in [2.45, 2.75) is 13.8 Å². The maximum absolute atomic E-state index is 11.0. The standard InChI is InChI=1S/C12H14N2O2S/c1-12(2,11(15)16)6-13-8-3-4-9-10(5-8)17-7-14-9/h3-5,7,13H,6H2,1-2H3,(H,15,16). The number of anilines is 1. The maximum Gasteiger partial charge on any atom is 0.310 e. The first-order valence-corrected chi connectivity index (χ1v) is 6.17. The molecule has 0 aliphatic carbocycles. The summed E-state index contributed by atoms with van der Waals surface area (Å²) in [6.45, 7) is 3.80. The van der Waals surface area contributed by atoms with Crippen molar-refractivity contribution in [3.63, 3.8) is 0 Å². The van der Waals surface area contributed by atoms with Crippen molar-refractivity contribution in [2.24, 2.45) is 5.41 Å². The molecule has 2 rings (SSSR count). The molecule has 90 valence electrons. The molecule has 2 N–H and O–H groups in total. The number of aromatic nitrogens is 1. The van der Waals surface area contributed by atoms with Gasteiger partial charge in [-0.3, -0.25) is 4.79 Å². The van der Waals surface area contributed by atoms with E-state index in [2.05, 4.69) is 10.3 Å². The SMILES string of the molecule is CC(C)(CNc1ccc2ncsc2c1)C(=O)O. The lowest BCUT2D eigenvalue weighted by molar-refractivity contribution is -0.146. The molecule has 0 amide bonds. The Hall–Kier alpha value is -1.62. The lowest BCUT2D eigenvalue weighted by Crippen LogP contribution is -2.31. The van der Waals surface area contributed by atoms with Crippen molar-refractivity contribution in [1.29, 1.82) is 0 Å². The number of nitrogens with zero attached hydrogens (tertiary/aromatic N) is 1. The number of rotatable bonds is 4. The Morgan fingerprint density at radius 1 is 1.53 bits per heavy atom. The molecule has 5 heteroatoms. The Kier molecular flexibility index (Phi) is 3.02. The molecule has 0 atom stereocenters. The van der Waals surface area contributed by atoms with Crippen LogP contribution >= 0.6 is 11.3 Å². The van der Waals surface area contributed by atoms with Gasteiger partial charge in [-0.05, 0) is 32.0 Å². The third-order valence-electron chi connectivity index (χ3n) is 2.64. The van der Waals surface area contributed by atoms with E-state index in [1.165, 1.54) is 0 Å². The zero-order valence-electron chi connectivity index (χ0n) is 9.73. The first-order valence-electron chi connectivity index (χ1n) is 5.29. The van der Waals surface area contributed by atoms with Crippen LogP contribution in [0.3, 0.4) is 0 Å². The summed E-state index contributed by atoms with van der Waals surface area (Å²) in [7, 11) is 0. The van der Waals surface area contributed by atoms with E-state index in [0.29, 0.717) is 6.54 Å². The number of benzene rings is 1. The fourth-order valence-electron chi connectivity index (χ4n) is 1.36. The molecule has 1 heterocycles. The third-order valence-corrected chi connectivity index (χ3v) is 3.44. The molecular weight excluding hydrogens is 236 g/mol. The summed E-state index contributed by atoms with van der Waals surface area (Å²) in [5.41, 5.74) is 2.92. The Labute approximate surface area is 103 Å². The third kappa shape index (κ3) is 2.55. The van der Waals surface area contributed by atoms with Gasteiger partial charge >= 0.3 is 5.97 Å². The minimum Gasteiger partial charge on any atom is -0.481 e. The summed E-state index contributed by atoms with van der Waals surface area (Å²) < 4.78 is 1.10. The summed E-state index contributed by atoms with van der Waals surface area (Å²) in [5.74, 6) is -0.802. The van der Waals surface area contributed by atoms with Gasteiger partial charge in [-0.2, -0.15) is 0 Å². The largest absolute Gasteiger partial charge is 0.481 e. The van der Waals surface area contributed by atoms with Gasteiger partial charge in [0.25, 0.3) is 0 Å². The Bertz CT molecular complexity index is 548. The van der Waals surface area contributed by atoms with Crippen LogP contribution in [0.4, 0.5) is 5.69 Å². The molecule has 0 aliphatic heterocycles. The predicted octanol–water partition coefficient (Wildman–Crippen LogP) is 2.82. The van der Waals surface area contributed by atoms with Gasteiger partial charge in [0.2, 0.25) is 0 Å². The number of hydrogen-bond donors (Lipinski definition) is 2. The average molecular weight is 250 g/mol. The first-order chi connectivity index (χ1) is 7.99. The summed E-state index contributed by atoms with van der Waals surface area (Å²) in [5, 5.41) is 12.2. The quantitative estimate of drug-likeness (QED) is 0.876. The van der Waals surface area contributed by atoms with Crippen LogP contribution < -0.4 is 5.32 Å². The van der Waals surface area contributed by atoms with Gasteiger partial charge in [-0.15, -0.1) is 11.3 Å². The monoisotopic (exact) mass is 250 g/mol. The van der Waals surface area contributed by atoms with Crippen LogP contribution in [0.2, 0.25) is 0 Å². The zero-order valence-corrected chi connectivity index (χ0v) is 10.5. The molecule has 0 bridgehead atoms. The van der Waals surface area contributed by atoms with Crippen molar-refractivity contribution in [2.75, 3.05) is 11.9 Å². The molecule has 2 aromatic rings. The normalized spacial score (nSPS) is 11.6. The van der Waals surface area contributed by atoms with E-state index < -0.39 is 11.4 Å². The van der Waals surface area contributed by atoms with E-state index in [-0.39, 0.29) is 0 Å². The van der Waals surface area contributed by atoms with E-state index >= 15 is 0 Å². The molecule has 0 radical (unpaired) electrons. The Balaban J connectivity index is 2.11. The summed E-state index contributed by atoms with van der Waals surface area (Å²) >= 11 is 1.57. The molecule has 17 heavy (non-hydrogen) atoms. The van der Waals surface area contributed by atoms with E-state index in [9.17, 15) is 4.79 Å². The van der Waals surface area contributed by atoms with Crippen molar-refractivity contribution in [3.8, 4) is 0 Å². The highest BCUT2D eigenvalue weighted by Crippen LogP contribution is 2.23. The second kappa shape index (κ2) is 4.33. The molecule has 0 spiro atoms. The van der Waals surface area contributed by atoms with Crippen LogP contribution in [0.1, 0.15) is 13.8 Å². The highest BCUT2D eigenvalue weighted by atomic mass is 32.1. The number of carboxylic acids is 1. The number of hydrogen-bond acceptors (Lipinski definition) is 4. The molecule has 0 saturated carbocycles. The summed E-state index contributed by atoms with van der Waals surface area (Å²) in [4.78, 5) is 15.2. The summed E-state index contributed by atoms with van der Waals surface area (Å²) in [6, 6.07) is 5.84. The van der Waals surface area contributed by atoms with Gasteiger partial charge in [0.1, 0.15) is 0 Å². The summed E-state index contributed by atoms with van der Waals surface area (Å²) in [6.07, 6.45) is 0. The minimum absolute atomic E-state index is 0.395. The van der Waals surface area contributed by atoms with E-state index in [1.807, 2.05) is 18.2 Å². The molecule has 0 saturated heterocycles. The van der Waals surface area contributed by atoms with E-state index in [1.54, 1.807) is 30.7 Å². The van der Waals surface area contributed by atoms with E-state index in [4.69, 9.17) is 5.11 Å². The number of aliphatic carboxylic acids is 1. The smallest absolute Gasteiger partial charge is 0.310 e. The van der Waals surface area contributed by atoms with Crippen molar-refractivity contribution >= 4 is 33.2 Å². The lowest BCUT2D eigenvalue weighted by Gasteiger charge is -2.20. The number of nitrogens with one attached hydrogen (secondary N) is 1. The van der Waals surface area contributed by atoms with Crippen LogP contribution in [-0.2, 0) is 4.79 Å². The van der Waals surface area contributed by atoms with Gasteiger partial charge in [0, 0.05) is 12.2 Å². The second-order valence-corrected chi connectivity index (χ2v) is 5.46. The van der Waals surface area contributed by atoms with E-state index in [0.717, 1.165) is 15.9 Å². The molecule has 0 unspecified atom stereocenters. The fourth-order valence-corrected chi connectivity index (χ4v) is 2.08. The molecule has 1 aromatic heterocycles. The average Bonchev–Trinajstić information content (AvgIpc) is 2.73. The van der Waals surface area contributed by atoms with Gasteiger partial charge in [-0.25, -0.2) is 4.98 Å². The van der Waals surface area contributed by atoms with Crippen molar-refractivity contribution in [3.05, 3.63) is 23.7 Å². The van der Waals surface area contributed by atoms with Gasteiger partial charge < -0.3 is 10.4 Å². The van der Waals surface area contributed by atoms with Crippen LogP contribution in [0.5, 0.6) is 0 Å². The zero-order chi connectivity index (χ0) is 12.5. The number of carboxylic acid groups (broad SMARTS) is 1. The molecule has 0 aliphatic rings. The Morgan fingerprint density at radius 2 is 2.29 bits per heavy atom. The highest BCUT2D eigenvalue weighted by molar-refractivity contribution is 7.16. The Morgan fingerprint density at radius 3 is 3.00 bits per heavy atom. The molecule has 4 nitrogen and oxygen atoms in total. The van der Waals surface area contributed by atoms with Crippen molar-refractivity contribution in [1.82, 2.24) is 4.98 Å². The molecular formula is C12H14N2O2S. The van der Waals surface area contributed by atoms with Crippen LogP contribution in [0.15, 0.2) is 23.7 Å². The number of thiazole rings is 1. The highest BCUT2D eigenvalue weighted by Gasteiger charge is 2.26. The van der Waals surface area contributed by atoms with Crippen LogP contribution in [-0.4, -0.2) is 22.6 Å². The first kappa shape index (κ1) is 11.9. The van der Waals surface area contributed by atoms with Crippen LogP contribution in [0, 0.1) is 5.41 Å². The molecule has 0 fully saturated rings. The number of carbonyl (C=O) groups is 1. The number of fused-ring (bicyclic) bond motifs is 1. The van der Waals surface area contributed by atoms with Gasteiger partial charge in [0.05, 0.1) is 21.1 Å². The van der Waals surface area contributed by atoms with Crippen LogP contribution in [0.25, 0.3) is 10.2 Å². The molecule has 1 aromatic carbocycles. The topological polar surface area (TPSA) is 62.2 Å². The van der Waals surface area contributed by atoms with Crippen molar-refractivity contribution < 1.29 is 9.90 Å². The minimum atomic E-state index is -0.802. The lowest BCUT2D eigenvalue weighted by atomic mass is 9.94. The van der Waals surface area contributed by atoms with Gasteiger partial charge in [0.15, 0.2) is 0 Å². The maximum atomic E-state index is 11.0. The predicted molar refractivity (Wildman–Crippen MR) is 69.5 cm³/mol. The second-order valence-electron chi connectivity index (χ2n) is 4.58. The van der Waals surface area contributed by atoms with Gasteiger partial charge in [-0.1, -0.05) is 0 Å². The fraction of sp³-hybridized carbons (Fsp3) is 0.333.